The van der Waals surface area contributed by atoms with E-state index >= 15 is 0 Å². The Labute approximate surface area is 228 Å². The first-order valence-electron chi connectivity index (χ1n) is 5.40. The molecule has 156 valence electrons. The third-order valence-electron chi connectivity index (χ3n) is 1.92. The van der Waals surface area contributed by atoms with Gasteiger partial charge in [0.05, 0.1) is 11.9 Å². The molecule has 0 amide bonds. The van der Waals surface area contributed by atoms with Crippen molar-refractivity contribution in [1.82, 2.24) is 0 Å². The average molecular weight is 556 g/mol. The van der Waals surface area contributed by atoms with Crippen LogP contribution in [0.3, 0.4) is 0 Å². The molecule has 0 aromatic rings. The molecular formula is C10H24N2O13Sr2. The predicted molar refractivity (Wildman–Crippen MR) is 84.0 cm³/mol. The van der Waals surface area contributed by atoms with Gasteiger partial charge in [0.15, 0.2) is 0 Å². The molecule has 0 aliphatic carbocycles. The largest absolute Gasteiger partial charge is 2.00 e. The standard InChI is InChI=1S/2C5H9NO4.5H2O.2Sr/c2*6-3(5(9)10)1-2-4(7)8;;;;;;;/h2*3H,1-2,6H2,(H,7,8)(H,9,10);5*1H2;;/q;;;;;;;2*+2/p-4/t2*3-;;;;;;;/m11......./s1. The molecule has 0 unspecified atom stereocenters. The van der Waals surface area contributed by atoms with E-state index in [-0.39, 0.29) is 144 Å². The van der Waals surface area contributed by atoms with Crippen molar-refractivity contribution in [3.05, 3.63) is 0 Å². The molecular weight excluding hydrogens is 531 g/mol. The van der Waals surface area contributed by atoms with Crippen molar-refractivity contribution in [2.24, 2.45) is 11.5 Å². The van der Waals surface area contributed by atoms with Gasteiger partial charge in [0.25, 0.3) is 0 Å². The SMILES string of the molecule is N[C@H](CCC(=O)[O-])C(=O)[O-].N[C@H](CCC(=O)[O-])C(=O)[O-].O.O.O.O.O.[Sr+2].[Sr+2]. The fraction of sp³-hybridized carbons (Fsp3) is 0.600. The minimum Gasteiger partial charge on any atom is -0.550 e. The zero-order valence-electron chi connectivity index (χ0n) is 14.3. The van der Waals surface area contributed by atoms with Crippen molar-refractivity contribution in [2.75, 3.05) is 0 Å². The monoisotopic (exact) mass is 556 g/mol. The first-order valence-corrected chi connectivity index (χ1v) is 5.40. The first kappa shape index (κ1) is 56.4. The molecule has 0 saturated carbocycles. The Kier molecular flexibility index (Phi) is 71.3. The molecule has 0 fully saturated rings. The molecule has 0 spiro atoms. The minimum atomic E-state index is -1.44. The quantitative estimate of drug-likeness (QED) is 0.266. The van der Waals surface area contributed by atoms with Crippen LogP contribution in [-0.4, -0.2) is 154 Å². The second-order valence-corrected chi connectivity index (χ2v) is 3.67. The third kappa shape index (κ3) is 46.5. The van der Waals surface area contributed by atoms with E-state index in [2.05, 4.69) is 0 Å². The zero-order chi connectivity index (χ0) is 16.3. The molecule has 0 aromatic heterocycles. The van der Waals surface area contributed by atoms with Gasteiger partial charge in [-0.05, 0) is 25.7 Å². The number of carbonyl (C=O) groups excluding carboxylic acids is 4. The Hall–Kier alpha value is 0.561. The summed E-state index contributed by atoms with van der Waals surface area (Å²) < 4.78 is 0. The molecule has 0 aliphatic heterocycles. The maximum absolute atomic E-state index is 9.86. The van der Waals surface area contributed by atoms with Gasteiger partial charge in [-0.15, -0.1) is 0 Å². The topological polar surface area (TPSA) is 370 Å². The number of carboxylic acids is 4. The van der Waals surface area contributed by atoms with Crippen LogP contribution in [0.1, 0.15) is 25.7 Å². The summed E-state index contributed by atoms with van der Waals surface area (Å²) in [5.74, 6) is -5.50. The Morgan fingerprint density at radius 2 is 0.778 bits per heavy atom. The van der Waals surface area contributed by atoms with E-state index in [0.717, 1.165) is 0 Å². The molecule has 14 N–H and O–H groups in total. The van der Waals surface area contributed by atoms with Crippen molar-refractivity contribution in [3.63, 3.8) is 0 Å². The van der Waals surface area contributed by atoms with Crippen LogP contribution < -0.4 is 31.9 Å². The van der Waals surface area contributed by atoms with E-state index < -0.39 is 36.0 Å². The fourth-order valence-electron chi connectivity index (χ4n) is 0.782. The number of carboxylic acid groups (broad SMARTS) is 4. The van der Waals surface area contributed by atoms with Crippen LogP contribution in [0.2, 0.25) is 0 Å². The number of hydrogen-bond acceptors (Lipinski definition) is 10. The van der Waals surface area contributed by atoms with Crippen LogP contribution in [-0.2, 0) is 19.2 Å². The average Bonchev–Trinajstić information content (AvgIpc) is 2.33. The van der Waals surface area contributed by atoms with Crippen LogP contribution in [0.15, 0.2) is 0 Å². The van der Waals surface area contributed by atoms with Crippen LogP contribution in [0.5, 0.6) is 0 Å². The molecule has 0 aliphatic rings. The van der Waals surface area contributed by atoms with E-state index in [0.29, 0.717) is 0 Å². The summed E-state index contributed by atoms with van der Waals surface area (Å²) in [7, 11) is 0. The van der Waals surface area contributed by atoms with Crippen molar-refractivity contribution in [1.29, 1.82) is 0 Å². The maximum atomic E-state index is 9.86. The summed E-state index contributed by atoms with van der Waals surface area (Å²) in [6, 6.07) is -2.42. The number of carbonyl (C=O) groups is 4. The molecule has 17 heteroatoms. The molecule has 0 heterocycles. The van der Waals surface area contributed by atoms with Gasteiger partial charge in [-0.1, -0.05) is 0 Å². The molecule has 0 radical (unpaired) electrons. The maximum Gasteiger partial charge on any atom is 2.00 e. The van der Waals surface area contributed by atoms with Crippen molar-refractivity contribution < 1.29 is 67.0 Å². The Balaban J connectivity index is -0.0000000272. The molecule has 2 atom stereocenters. The smallest absolute Gasteiger partial charge is 0.550 e. The van der Waals surface area contributed by atoms with Gasteiger partial charge < -0.3 is 78.5 Å². The molecule has 0 aromatic carbocycles. The molecule has 15 nitrogen and oxygen atoms in total. The molecule has 0 rings (SSSR count). The summed E-state index contributed by atoms with van der Waals surface area (Å²) in [6.45, 7) is 0. The number of aliphatic carboxylic acids is 4. The summed E-state index contributed by atoms with van der Waals surface area (Å²) >= 11 is 0. The van der Waals surface area contributed by atoms with Crippen molar-refractivity contribution in [2.45, 2.75) is 37.8 Å². The van der Waals surface area contributed by atoms with Crippen molar-refractivity contribution >= 4 is 115 Å². The molecule has 0 bridgehead atoms. The third-order valence-corrected chi connectivity index (χ3v) is 1.92. The van der Waals surface area contributed by atoms with Gasteiger partial charge in [0, 0.05) is 24.0 Å². The normalized spacial score (nSPS) is 9.26. The minimum absolute atomic E-state index is 0. The van der Waals surface area contributed by atoms with E-state index in [1.165, 1.54) is 0 Å². The van der Waals surface area contributed by atoms with Gasteiger partial charge in [-0.25, -0.2) is 0 Å². The summed E-state index contributed by atoms with van der Waals surface area (Å²) in [4.78, 5) is 39.2. The number of hydrogen-bond donors (Lipinski definition) is 2. The Bertz CT molecular complexity index is 339. The van der Waals surface area contributed by atoms with Crippen LogP contribution in [0, 0.1) is 0 Å². The fourth-order valence-corrected chi connectivity index (χ4v) is 0.782. The van der Waals surface area contributed by atoms with Crippen LogP contribution >= 0.6 is 0 Å². The van der Waals surface area contributed by atoms with Crippen molar-refractivity contribution in [3.8, 4) is 0 Å². The Morgan fingerprint density at radius 3 is 0.889 bits per heavy atom. The van der Waals surface area contributed by atoms with Crippen LogP contribution in [0.25, 0.3) is 0 Å². The summed E-state index contributed by atoms with van der Waals surface area (Å²) in [5, 5.41) is 39.2. The second kappa shape index (κ2) is 34.1. The van der Waals surface area contributed by atoms with Gasteiger partial charge in [0.1, 0.15) is 0 Å². The van der Waals surface area contributed by atoms with E-state index in [1.54, 1.807) is 0 Å². The number of nitrogens with two attached hydrogens (primary N) is 2. The van der Waals surface area contributed by atoms with E-state index in [4.69, 9.17) is 11.5 Å². The Morgan fingerprint density at radius 1 is 0.593 bits per heavy atom. The van der Waals surface area contributed by atoms with Gasteiger partial charge >= 0.3 is 91.0 Å². The summed E-state index contributed by atoms with van der Waals surface area (Å²) in [5.41, 5.74) is 9.82. The van der Waals surface area contributed by atoms with Gasteiger partial charge in [-0.2, -0.15) is 0 Å². The molecule has 0 saturated heterocycles. The van der Waals surface area contributed by atoms with E-state index in [9.17, 15) is 39.6 Å². The number of rotatable bonds is 8. The first-order chi connectivity index (χ1) is 9.07. The van der Waals surface area contributed by atoms with Crippen LogP contribution in [0.4, 0.5) is 0 Å². The predicted octanol–water partition coefficient (Wildman–Crippen LogP) is -11.7. The molecule has 27 heavy (non-hydrogen) atoms. The van der Waals surface area contributed by atoms with E-state index in [1.807, 2.05) is 0 Å². The van der Waals surface area contributed by atoms with Gasteiger partial charge in [0.2, 0.25) is 0 Å². The second-order valence-electron chi connectivity index (χ2n) is 3.67. The zero-order valence-corrected chi connectivity index (χ0v) is 21.3. The summed E-state index contributed by atoms with van der Waals surface area (Å²) in [6.07, 6.45) is -1.00. The van der Waals surface area contributed by atoms with Gasteiger partial charge in [-0.3, -0.25) is 0 Å².